The van der Waals surface area contributed by atoms with Gasteiger partial charge in [0.25, 0.3) is 0 Å². The Hall–Kier alpha value is -1.32. The maximum Gasteiger partial charge on any atom is 0.151 e. The van der Waals surface area contributed by atoms with Crippen molar-refractivity contribution in [1.29, 1.82) is 0 Å². The molecule has 2 nitrogen and oxygen atoms in total. The number of nitrogens with two attached hydrogens (primary N) is 1. The minimum absolute atomic E-state index is 0.0657. The quantitative estimate of drug-likeness (QED) is 0.778. The third kappa shape index (κ3) is 2.42. The Balaban J connectivity index is 2.25. The standard InChI is InChI=1S/C14H20F2N2/c1-14(2,3)9-4-5-18(8-9)13-11(15)6-10(17)7-12(13)16/h6-7,9H,4-5,8,17H2,1-3H3. The van der Waals surface area contributed by atoms with Gasteiger partial charge >= 0.3 is 0 Å². The molecule has 4 heteroatoms. The fourth-order valence-electron chi connectivity index (χ4n) is 2.56. The van der Waals surface area contributed by atoms with Gasteiger partial charge in [-0.05, 0) is 29.9 Å². The molecule has 1 heterocycles. The number of halogens is 2. The normalized spacial score (nSPS) is 20.5. The van der Waals surface area contributed by atoms with E-state index in [1.807, 2.05) is 0 Å². The highest BCUT2D eigenvalue weighted by Crippen LogP contribution is 2.37. The third-order valence-electron chi connectivity index (χ3n) is 3.77. The predicted molar refractivity (Wildman–Crippen MR) is 70.5 cm³/mol. The van der Waals surface area contributed by atoms with Crippen LogP contribution in [0.2, 0.25) is 0 Å². The summed E-state index contributed by atoms with van der Waals surface area (Å²) in [6.07, 6.45) is 0.965. The third-order valence-corrected chi connectivity index (χ3v) is 3.77. The van der Waals surface area contributed by atoms with Crippen LogP contribution >= 0.6 is 0 Å². The first-order valence-electron chi connectivity index (χ1n) is 6.28. The molecule has 0 aliphatic carbocycles. The molecule has 100 valence electrons. The predicted octanol–water partition coefficient (Wildman–Crippen LogP) is 3.42. The smallest absolute Gasteiger partial charge is 0.151 e. The van der Waals surface area contributed by atoms with Crippen molar-refractivity contribution in [2.45, 2.75) is 27.2 Å². The second-order valence-corrected chi connectivity index (χ2v) is 6.13. The summed E-state index contributed by atoms with van der Waals surface area (Å²) in [5, 5.41) is 0. The van der Waals surface area contributed by atoms with Gasteiger partial charge < -0.3 is 10.6 Å². The minimum Gasteiger partial charge on any atom is -0.399 e. The monoisotopic (exact) mass is 254 g/mol. The number of nitrogens with zero attached hydrogens (tertiary/aromatic N) is 1. The lowest BCUT2D eigenvalue weighted by Gasteiger charge is -2.27. The second-order valence-electron chi connectivity index (χ2n) is 6.13. The van der Waals surface area contributed by atoms with Crippen LogP contribution in [0.15, 0.2) is 12.1 Å². The van der Waals surface area contributed by atoms with Gasteiger partial charge in [-0.3, -0.25) is 0 Å². The maximum atomic E-state index is 13.8. The number of nitrogen functional groups attached to an aromatic ring is 1. The van der Waals surface area contributed by atoms with Crippen LogP contribution in [0.3, 0.4) is 0 Å². The number of hydrogen-bond donors (Lipinski definition) is 1. The van der Waals surface area contributed by atoms with E-state index >= 15 is 0 Å². The molecule has 1 unspecified atom stereocenters. The molecule has 1 aliphatic rings. The molecule has 0 aromatic heterocycles. The Bertz CT molecular complexity index is 429. The molecule has 0 saturated carbocycles. The van der Waals surface area contributed by atoms with Crippen LogP contribution in [-0.4, -0.2) is 13.1 Å². The van der Waals surface area contributed by atoms with Crippen molar-refractivity contribution in [1.82, 2.24) is 0 Å². The van der Waals surface area contributed by atoms with Gasteiger partial charge in [-0.15, -0.1) is 0 Å². The lowest BCUT2D eigenvalue weighted by atomic mass is 9.80. The first-order valence-corrected chi connectivity index (χ1v) is 6.28. The van der Waals surface area contributed by atoms with Crippen molar-refractivity contribution in [2.24, 2.45) is 11.3 Å². The molecule has 0 bridgehead atoms. The number of hydrogen-bond acceptors (Lipinski definition) is 2. The van der Waals surface area contributed by atoms with Crippen LogP contribution < -0.4 is 10.6 Å². The molecule has 1 aromatic rings. The SMILES string of the molecule is CC(C)(C)C1CCN(c2c(F)cc(N)cc2F)C1. The van der Waals surface area contributed by atoms with E-state index in [4.69, 9.17) is 5.73 Å². The van der Waals surface area contributed by atoms with Gasteiger partial charge in [0.1, 0.15) is 5.69 Å². The molecule has 0 radical (unpaired) electrons. The van der Waals surface area contributed by atoms with Crippen LogP contribution in [0.25, 0.3) is 0 Å². The van der Waals surface area contributed by atoms with Crippen LogP contribution in [0.5, 0.6) is 0 Å². The van der Waals surface area contributed by atoms with Gasteiger partial charge in [-0.2, -0.15) is 0 Å². The highest BCUT2D eigenvalue weighted by molar-refractivity contribution is 5.56. The Kier molecular flexibility index (Phi) is 3.21. The van der Waals surface area contributed by atoms with Crippen molar-refractivity contribution >= 4 is 11.4 Å². The lowest BCUT2D eigenvalue weighted by Crippen LogP contribution is -2.27. The number of benzene rings is 1. The van der Waals surface area contributed by atoms with E-state index in [0.29, 0.717) is 19.0 Å². The van der Waals surface area contributed by atoms with Crippen molar-refractivity contribution in [2.75, 3.05) is 23.7 Å². The highest BCUT2D eigenvalue weighted by atomic mass is 19.1. The second kappa shape index (κ2) is 4.41. The van der Waals surface area contributed by atoms with E-state index in [9.17, 15) is 8.78 Å². The molecule has 18 heavy (non-hydrogen) atoms. The van der Waals surface area contributed by atoms with Crippen molar-refractivity contribution in [3.63, 3.8) is 0 Å². The van der Waals surface area contributed by atoms with E-state index in [0.717, 1.165) is 6.42 Å². The first-order chi connectivity index (χ1) is 8.29. The van der Waals surface area contributed by atoms with Crippen LogP contribution in [-0.2, 0) is 0 Å². The summed E-state index contributed by atoms with van der Waals surface area (Å²) < 4.78 is 27.7. The molecular formula is C14H20F2N2. The summed E-state index contributed by atoms with van der Waals surface area (Å²) in [6.45, 7) is 7.88. The van der Waals surface area contributed by atoms with Gasteiger partial charge in [0, 0.05) is 18.8 Å². The van der Waals surface area contributed by atoms with Crippen LogP contribution in [0.4, 0.5) is 20.2 Å². The Morgan fingerprint density at radius 2 is 1.78 bits per heavy atom. The molecule has 1 saturated heterocycles. The molecule has 0 spiro atoms. The number of rotatable bonds is 1. The zero-order valence-corrected chi connectivity index (χ0v) is 11.1. The van der Waals surface area contributed by atoms with Gasteiger partial charge in [-0.1, -0.05) is 20.8 Å². The summed E-state index contributed by atoms with van der Waals surface area (Å²) in [6, 6.07) is 2.37. The fourth-order valence-corrected chi connectivity index (χ4v) is 2.56. The van der Waals surface area contributed by atoms with E-state index in [-0.39, 0.29) is 16.8 Å². The summed E-state index contributed by atoms with van der Waals surface area (Å²) in [5.74, 6) is -0.682. The average Bonchev–Trinajstić information content (AvgIpc) is 2.64. The first kappa shape index (κ1) is 13.1. The Morgan fingerprint density at radius 1 is 1.22 bits per heavy atom. The van der Waals surface area contributed by atoms with E-state index in [1.165, 1.54) is 12.1 Å². The molecule has 1 atom stereocenters. The maximum absolute atomic E-state index is 13.8. The van der Waals surface area contributed by atoms with Gasteiger partial charge in [0.15, 0.2) is 11.6 Å². The lowest BCUT2D eigenvalue weighted by molar-refractivity contribution is 0.263. The topological polar surface area (TPSA) is 29.3 Å². The molecule has 1 aliphatic heterocycles. The fraction of sp³-hybridized carbons (Fsp3) is 0.571. The van der Waals surface area contributed by atoms with E-state index in [1.54, 1.807) is 4.90 Å². The summed E-state index contributed by atoms with van der Waals surface area (Å²) in [4.78, 5) is 1.79. The molecule has 1 aromatic carbocycles. The molecule has 0 amide bonds. The van der Waals surface area contributed by atoms with Crippen molar-refractivity contribution in [3.05, 3.63) is 23.8 Å². The van der Waals surface area contributed by atoms with Crippen LogP contribution in [0, 0.1) is 23.0 Å². The van der Waals surface area contributed by atoms with E-state index < -0.39 is 11.6 Å². The van der Waals surface area contributed by atoms with E-state index in [2.05, 4.69) is 20.8 Å². The zero-order valence-electron chi connectivity index (χ0n) is 11.1. The average molecular weight is 254 g/mol. The van der Waals surface area contributed by atoms with Gasteiger partial charge in [0.2, 0.25) is 0 Å². The Labute approximate surface area is 107 Å². The molecule has 2 N–H and O–H groups in total. The summed E-state index contributed by atoms with van der Waals surface area (Å²) >= 11 is 0. The minimum atomic E-state index is -0.568. The zero-order chi connectivity index (χ0) is 13.5. The number of anilines is 2. The van der Waals surface area contributed by atoms with Crippen molar-refractivity contribution in [3.8, 4) is 0 Å². The molecule has 1 fully saturated rings. The highest BCUT2D eigenvalue weighted by Gasteiger charge is 2.33. The van der Waals surface area contributed by atoms with Crippen LogP contribution in [0.1, 0.15) is 27.2 Å². The van der Waals surface area contributed by atoms with Crippen molar-refractivity contribution < 1.29 is 8.78 Å². The molecular weight excluding hydrogens is 234 g/mol. The van der Waals surface area contributed by atoms with Gasteiger partial charge in [0.05, 0.1) is 0 Å². The largest absolute Gasteiger partial charge is 0.399 e. The summed E-state index contributed by atoms with van der Waals surface area (Å²) in [5.41, 5.74) is 5.78. The van der Waals surface area contributed by atoms with Gasteiger partial charge in [-0.25, -0.2) is 8.78 Å². The summed E-state index contributed by atoms with van der Waals surface area (Å²) in [7, 11) is 0. The Morgan fingerprint density at radius 3 is 2.22 bits per heavy atom. The molecule has 2 rings (SSSR count).